The molecule has 1 fully saturated rings. The molecule has 0 radical (unpaired) electrons. The summed E-state index contributed by atoms with van der Waals surface area (Å²) in [5.74, 6) is -3.79. The van der Waals surface area contributed by atoms with Crippen LogP contribution < -0.4 is 24.8 Å². The minimum atomic E-state index is -1.45. The number of aromatic nitrogens is 2. The van der Waals surface area contributed by atoms with Gasteiger partial charge in [0.1, 0.15) is 16.7 Å². The Balaban J connectivity index is 1.35. The van der Waals surface area contributed by atoms with E-state index < -0.39 is 46.1 Å². The van der Waals surface area contributed by atoms with Crippen LogP contribution in [0.25, 0.3) is 11.0 Å². The lowest BCUT2D eigenvalue weighted by molar-refractivity contribution is -0.131. The number of fused-ring (bicyclic) bond motifs is 1. The molecule has 0 atom stereocenters. The first-order chi connectivity index (χ1) is 18.7. The van der Waals surface area contributed by atoms with Gasteiger partial charge in [-0.2, -0.15) is 0 Å². The molecule has 5 rings (SSSR count). The molecule has 39 heavy (non-hydrogen) atoms. The summed E-state index contributed by atoms with van der Waals surface area (Å²) in [4.78, 5) is 34.1. The van der Waals surface area contributed by atoms with Crippen molar-refractivity contribution in [1.82, 2.24) is 9.97 Å². The number of nitrogens with zero attached hydrogens (tertiary/aromatic N) is 2. The Hall–Kier alpha value is -4.87. The molecule has 2 amide bonds. The van der Waals surface area contributed by atoms with Crippen molar-refractivity contribution in [1.29, 1.82) is 0 Å². The first-order valence-electron chi connectivity index (χ1n) is 11.7. The van der Waals surface area contributed by atoms with E-state index >= 15 is 0 Å². The molecule has 0 spiro atoms. The molecule has 1 aliphatic rings. The van der Waals surface area contributed by atoms with Crippen molar-refractivity contribution >= 4 is 34.2 Å². The fraction of sp³-hybridized carbons (Fsp3) is 0.185. The van der Waals surface area contributed by atoms with E-state index in [1.807, 2.05) is 0 Å². The molecule has 2 N–H and O–H groups in total. The van der Waals surface area contributed by atoms with E-state index in [-0.39, 0.29) is 30.0 Å². The van der Waals surface area contributed by atoms with Gasteiger partial charge in [0.15, 0.2) is 28.9 Å². The van der Waals surface area contributed by atoms with Crippen LogP contribution in [0.15, 0.2) is 54.7 Å². The van der Waals surface area contributed by atoms with Crippen LogP contribution in [-0.2, 0) is 9.59 Å². The largest absolute Gasteiger partial charge is 0.491 e. The van der Waals surface area contributed by atoms with E-state index in [1.165, 1.54) is 38.6 Å². The molecule has 0 aliphatic heterocycles. The third-order valence-electron chi connectivity index (χ3n) is 6.23. The number of hydrogen-bond acceptors (Lipinski definition) is 7. The van der Waals surface area contributed by atoms with Gasteiger partial charge >= 0.3 is 0 Å². The number of carbonyl (C=O) groups is 2. The Kier molecular flexibility index (Phi) is 6.69. The maximum atomic E-state index is 15.0. The summed E-state index contributed by atoms with van der Waals surface area (Å²) >= 11 is 0. The average molecular weight is 538 g/mol. The van der Waals surface area contributed by atoms with Crippen molar-refractivity contribution in [2.75, 3.05) is 24.9 Å². The second-order valence-corrected chi connectivity index (χ2v) is 8.74. The molecule has 200 valence electrons. The van der Waals surface area contributed by atoms with Crippen molar-refractivity contribution in [3.05, 3.63) is 72.2 Å². The number of halogens is 3. The number of pyridine rings is 2. The minimum Gasteiger partial charge on any atom is -0.491 e. The van der Waals surface area contributed by atoms with Crippen molar-refractivity contribution in [3.63, 3.8) is 0 Å². The molecule has 4 aromatic rings. The smallest absolute Gasteiger partial charge is 0.257 e. The van der Waals surface area contributed by atoms with Crippen LogP contribution in [0.3, 0.4) is 0 Å². The van der Waals surface area contributed by atoms with Crippen LogP contribution in [0.5, 0.6) is 23.1 Å². The lowest BCUT2D eigenvalue weighted by Gasteiger charge is -2.17. The first kappa shape index (κ1) is 25.8. The van der Waals surface area contributed by atoms with Gasteiger partial charge in [0, 0.05) is 36.1 Å². The number of ether oxygens (including phenoxy) is 3. The van der Waals surface area contributed by atoms with Crippen LogP contribution in [0.1, 0.15) is 12.8 Å². The Morgan fingerprint density at radius 2 is 1.56 bits per heavy atom. The molecule has 2 aromatic heterocycles. The van der Waals surface area contributed by atoms with E-state index in [4.69, 9.17) is 14.2 Å². The third-order valence-corrected chi connectivity index (χ3v) is 6.23. The van der Waals surface area contributed by atoms with Crippen molar-refractivity contribution in [2.45, 2.75) is 12.8 Å². The quantitative estimate of drug-likeness (QED) is 0.296. The van der Waals surface area contributed by atoms with Gasteiger partial charge in [0.25, 0.3) is 5.88 Å². The second kappa shape index (κ2) is 10.1. The molecule has 1 saturated carbocycles. The zero-order valence-electron chi connectivity index (χ0n) is 20.7. The SMILES string of the molecule is COc1cc2nccc(Oc3cc(F)c(NC(=O)C4(C(=O)Nc5ccc(F)cc5)CC4)cc3F)c2nc1OC. The summed E-state index contributed by atoms with van der Waals surface area (Å²) in [5, 5.41) is 4.84. The van der Waals surface area contributed by atoms with Gasteiger partial charge in [-0.05, 0) is 37.1 Å². The predicted octanol–water partition coefficient (Wildman–Crippen LogP) is 5.21. The van der Waals surface area contributed by atoms with Crippen LogP contribution in [-0.4, -0.2) is 36.0 Å². The van der Waals surface area contributed by atoms with Gasteiger partial charge in [0.2, 0.25) is 11.8 Å². The molecular weight excluding hydrogens is 517 g/mol. The highest BCUT2D eigenvalue weighted by Crippen LogP contribution is 2.48. The second-order valence-electron chi connectivity index (χ2n) is 8.74. The van der Waals surface area contributed by atoms with E-state index in [0.717, 1.165) is 24.3 Å². The number of rotatable bonds is 8. The molecule has 0 bridgehead atoms. The number of benzene rings is 2. The monoisotopic (exact) mass is 538 g/mol. The predicted molar refractivity (Wildman–Crippen MR) is 134 cm³/mol. The zero-order valence-corrected chi connectivity index (χ0v) is 20.7. The Labute approximate surface area is 219 Å². The first-order valence-corrected chi connectivity index (χ1v) is 11.7. The lowest BCUT2D eigenvalue weighted by atomic mass is 10.0. The number of nitrogens with one attached hydrogen (secondary N) is 2. The highest BCUT2D eigenvalue weighted by atomic mass is 19.1. The topological polar surface area (TPSA) is 112 Å². The number of anilines is 2. The normalized spacial score (nSPS) is 13.5. The lowest BCUT2D eigenvalue weighted by Crippen LogP contribution is -2.35. The van der Waals surface area contributed by atoms with Crippen LogP contribution in [0.4, 0.5) is 24.5 Å². The molecule has 12 heteroatoms. The molecule has 2 heterocycles. The van der Waals surface area contributed by atoms with E-state index in [9.17, 15) is 22.8 Å². The van der Waals surface area contributed by atoms with Crippen LogP contribution in [0, 0.1) is 22.9 Å². The molecule has 1 aliphatic carbocycles. The number of carbonyl (C=O) groups excluding carboxylic acids is 2. The number of methoxy groups -OCH3 is 2. The summed E-state index contributed by atoms with van der Waals surface area (Å²) in [6, 6.07) is 9.54. The summed E-state index contributed by atoms with van der Waals surface area (Å²) in [7, 11) is 2.83. The summed E-state index contributed by atoms with van der Waals surface area (Å²) in [5.41, 5.74) is -1.03. The summed E-state index contributed by atoms with van der Waals surface area (Å²) in [6.45, 7) is 0. The summed E-state index contributed by atoms with van der Waals surface area (Å²) < 4.78 is 59.1. The van der Waals surface area contributed by atoms with Gasteiger partial charge in [0.05, 0.1) is 25.4 Å². The maximum absolute atomic E-state index is 15.0. The van der Waals surface area contributed by atoms with E-state index in [2.05, 4.69) is 20.6 Å². The standard InChI is InChI=1S/C27H21F3N4O5/c1-37-22-13-19-23(34-24(22)38-2)20(7-10-31-19)39-21-12-16(29)18(11-17(21)30)33-26(36)27(8-9-27)25(35)32-15-5-3-14(28)4-6-15/h3-7,10-13H,8-9H2,1-2H3,(H,32,35)(H,33,36). The van der Waals surface area contributed by atoms with Gasteiger partial charge < -0.3 is 24.8 Å². The van der Waals surface area contributed by atoms with E-state index in [0.29, 0.717) is 17.0 Å². The number of hydrogen-bond donors (Lipinski definition) is 2. The third kappa shape index (κ3) is 5.00. The van der Waals surface area contributed by atoms with Crippen LogP contribution in [0.2, 0.25) is 0 Å². The van der Waals surface area contributed by atoms with Gasteiger partial charge in [-0.25, -0.2) is 18.2 Å². The number of amides is 2. The van der Waals surface area contributed by atoms with Gasteiger partial charge in [-0.1, -0.05) is 0 Å². The fourth-order valence-corrected chi connectivity index (χ4v) is 3.92. The minimum absolute atomic E-state index is 0.0745. The van der Waals surface area contributed by atoms with Gasteiger partial charge in [-0.15, -0.1) is 0 Å². The summed E-state index contributed by atoms with van der Waals surface area (Å²) in [6.07, 6.45) is 1.83. The van der Waals surface area contributed by atoms with Gasteiger partial charge in [-0.3, -0.25) is 14.6 Å². The van der Waals surface area contributed by atoms with Crippen molar-refractivity contribution < 1.29 is 37.0 Å². The van der Waals surface area contributed by atoms with Crippen molar-refractivity contribution in [3.8, 4) is 23.1 Å². The Morgan fingerprint density at radius 1 is 0.846 bits per heavy atom. The average Bonchev–Trinajstić information content (AvgIpc) is 3.74. The molecule has 0 saturated heterocycles. The maximum Gasteiger partial charge on any atom is 0.257 e. The Morgan fingerprint density at radius 3 is 2.23 bits per heavy atom. The molecular formula is C27H21F3N4O5. The van der Waals surface area contributed by atoms with Crippen molar-refractivity contribution in [2.24, 2.45) is 5.41 Å². The molecule has 2 aromatic carbocycles. The van der Waals surface area contributed by atoms with Crippen LogP contribution >= 0.6 is 0 Å². The highest BCUT2D eigenvalue weighted by molar-refractivity contribution is 6.17. The molecule has 9 nitrogen and oxygen atoms in total. The Bertz CT molecular complexity index is 1590. The molecule has 0 unspecified atom stereocenters. The fourth-order valence-electron chi connectivity index (χ4n) is 3.92. The van der Waals surface area contributed by atoms with E-state index in [1.54, 1.807) is 6.07 Å². The highest BCUT2D eigenvalue weighted by Gasteiger charge is 2.56. The zero-order chi connectivity index (χ0) is 27.7.